The average molecular weight is 341 g/mol. The molecule has 2 aromatic carbocycles. The van der Waals surface area contributed by atoms with Crippen LogP contribution in [-0.2, 0) is 21.3 Å². The largest absolute Gasteiger partial charge is 0.491 e. The fraction of sp³-hybridized carbons (Fsp3) is 0.0769. The molecule has 3 rings (SSSR count). The Bertz CT molecular complexity index is 800. The molecule has 0 saturated carbocycles. The van der Waals surface area contributed by atoms with Crippen LogP contribution in [0.5, 0.6) is 0 Å². The molecule has 1 aliphatic heterocycles. The topological polar surface area (TPSA) is 102 Å². The van der Waals surface area contributed by atoms with E-state index >= 15 is 0 Å². The number of nitrogen functional groups attached to an aromatic ring is 1. The molecule has 0 aliphatic carbocycles. The van der Waals surface area contributed by atoms with Gasteiger partial charge in [-0.3, -0.25) is 4.72 Å². The summed E-state index contributed by atoms with van der Waals surface area (Å²) in [6.45, 7) is 0.318. The first kappa shape index (κ1) is 16.6. The van der Waals surface area contributed by atoms with E-state index in [9.17, 15) is 13.4 Å². The van der Waals surface area contributed by atoms with Crippen LogP contribution < -0.4 is 15.9 Å². The van der Waals surface area contributed by atoms with Crippen LogP contribution in [0, 0.1) is 0 Å². The number of halogens is 1. The number of hydrogen-bond donors (Lipinski definition) is 3. The monoisotopic (exact) mass is 340 g/mol. The standard InChI is InChI=1S/C13H13BN2O4S.ClH/c15-10-2-1-3-12(6-10)21(18,19)16-11-5-4-9-8-20-14(17)13(9)7-11;/h1-7,16-17H,8,15H2;1H. The number of benzene rings is 2. The molecule has 2 aromatic rings. The highest BCUT2D eigenvalue weighted by Crippen LogP contribution is 2.19. The molecule has 9 heteroatoms. The molecule has 1 aliphatic rings. The maximum atomic E-state index is 12.3. The van der Waals surface area contributed by atoms with E-state index < -0.39 is 17.1 Å². The molecule has 0 saturated heterocycles. The molecule has 0 amide bonds. The number of fused-ring (bicyclic) bond motifs is 1. The number of nitrogens with one attached hydrogen (secondary N) is 1. The van der Waals surface area contributed by atoms with Gasteiger partial charge in [0.2, 0.25) is 0 Å². The fourth-order valence-corrected chi connectivity index (χ4v) is 3.28. The van der Waals surface area contributed by atoms with Gasteiger partial charge in [-0.2, -0.15) is 0 Å². The summed E-state index contributed by atoms with van der Waals surface area (Å²) in [5.74, 6) is 0. The highest BCUT2D eigenvalue weighted by molar-refractivity contribution is 7.92. The van der Waals surface area contributed by atoms with Gasteiger partial charge in [0.1, 0.15) is 0 Å². The maximum absolute atomic E-state index is 12.3. The third-order valence-electron chi connectivity index (χ3n) is 3.23. The summed E-state index contributed by atoms with van der Waals surface area (Å²) in [5.41, 5.74) is 7.75. The minimum absolute atomic E-state index is 0. The van der Waals surface area contributed by atoms with Crippen LogP contribution in [0.4, 0.5) is 11.4 Å². The first-order valence-electron chi connectivity index (χ1n) is 6.26. The Labute approximate surface area is 134 Å². The second-order valence-electron chi connectivity index (χ2n) is 4.75. The lowest BCUT2D eigenvalue weighted by molar-refractivity contribution is 0.275. The van der Waals surface area contributed by atoms with Crippen molar-refractivity contribution < 1.29 is 18.1 Å². The van der Waals surface area contributed by atoms with Gasteiger partial charge in [0.25, 0.3) is 10.0 Å². The van der Waals surface area contributed by atoms with Crippen LogP contribution in [-0.4, -0.2) is 20.6 Å². The van der Waals surface area contributed by atoms with Crippen LogP contribution >= 0.6 is 12.4 Å². The van der Waals surface area contributed by atoms with E-state index in [1.165, 1.54) is 12.1 Å². The summed E-state index contributed by atoms with van der Waals surface area (Å²) in [4.78, 5) is 0.0831. The number of nitrogens with two attached hydrogens (primary N) is 1. The Morgan fingerprint density at radius 3 is 2.73 bits per heavy atom. The minimum Gasteiger partial charge on any atom is -0.423 e. The Morgan fingerprint density at radius 1 is 1.23 bits per heavy atom. The molecule has 116 valence electrons. The van der Waals surface area contributed by atoms with E-state index in [4.69, 9.17) is 10.4 Å². The van der Waals surface area contributed by atoms with Crippen LogP contribution in [0.15, 0.2) is 47.4 Å². The van der Waals surface area contributed by atoms with E-state index in [2.05, 4.69) is 4.72 Å². The molecule has 4 N–H and O–H groups in total. The van der Waals surface area contributed by atoms with Crippen LogP contribution in [0.1, 0.15) is 5.56 Å². The van der Waals surface area contributed by atoms with Crippen LogP contribution in [0.25, 0.3) is 0 Å². The van der Waals surface area contributed by atoms with Crippen molar-refractivity contribution in [1.29, 1.82) is 0 Å². The van der Waals surface area contributed by atoms with Gasteiger partial charge >= 0.3 is 7.12 Å². The summed E-state index contributed by atoms with van der Waals surface area (Å²) >= 11 is 0. The summed E-state index contributed by atoms with van der Waals surface area (Å²) in [7, 11) is -4.74. The minimum atomic E-state index is -3.72. The molecule has 22 heavy (non-hydrogen) atoms. The third kappa shape index (κ3) is 3.20. The van der Waals surface area contributed by atoms with E-state index in [0.29, 0.717) is 23.4 Å². The van der Waals surface area contributed by atoms with Crippen molar-refractivity contribution >= 4 is 46.4 Å². The number of sulfonamides is 1. The molecule has 1 heterocycles. The summed E-state index contributed by atoms with van der Waals surface area (Å²) in [5, 5.41) is 9.64. The van der Waals surface area contributed by atoms with Crippen LogP contribution in [0.3, 0.4) is 0 Å². The zero-order valence-corrected chi connectivity index (χ0v) is 13.0. The van der Waals surface area contributed by atoms with Crippen molar-refractivity contribution in [3.63, 3.8) is 0 Å². The van der Waals surface area contributed by atoms with Crippen molar-refractivity contribution in [3.05, 3.63) is 48.0 Å². The van der Waals surface area contributed by atoms with Gasteiger partial charge < -0.3 is 15.4 Å². The van der Waals surface area contributed by atoms with Crippen molar-refractivity contribution in [3.8, 4) is 0 Å². The smallest absolute Gasteiger partial charge is 0.423 e. The predicted octanol–water partition coefficient (Wildman–Crippen LogP) is 0.709. The van der Waals surface area contributed by atoms with Crippen molar-refractivity contribution in [2.24, 2.45) is 0 Å². The molecule has 0 fully saturated rings. The Morgan fingerprint density at radius 2 is 2.00 bits per heavy atom. The molecular formula is C13H14BClN2O4S. The third-order valence-corrected chi connectivity index (χ3v) is 4.61. The Hall–Kier alpha value is -1.74. The number of rotatable bonds is 3. The number of hydrogen-bond acceptors (Lipinski definition) is 5. The lowest BCUT2D eigenvalue weighted by Crippen LogP contribution is -2.28. The molecule has 0 aromatic heterocycles. The average Bonchev–Trinajstić information content (AvgIpc) is 2.80. The highest BCUT2D eigenvalue weighted by Gasteiger charge is 2.27. The highest BCUT2D eigenvalue weighted by atomic mass is 35.5. The van der Waals surface area contributed by atoms with Crippen molar-refractivity contribution in [1.82, 2.24) is 0 Å². The van der Waals surface area contributed by atoms with E-state index in [1.54, 1.807) is 30.3 Å². The zero-order chi connectivity index (χ0) is 15.0. The second kappa shape index (κ2) is 6.17. The van der Waals surface area contributed by atoms with Gasteiger partial charge in [-0.25, -0.2) is 8.42 Å². The summed E-state index contributed by atoms with van der Waals surface area (Å²) in [6.07, 6.45) is 0. The first-order valence-corrected chi connectivity index (χ1v) is 7.75. The summed E-state index contributed by atoms with van der Waals surface area (Å²) in [6, 6.07) is 11.0. The van der Waals surface area contributed by atoms with Crippen LogP contribution in [0.2, 0.25) is 0 Å². The van der Waals surface area contributed by atoms with E-state index in [-0.39, 0.29) is 17.3 Å². The van der Waals surface area contributed by atoms with Gasteiger partial charge in [0.05, 0.1) is 11.5 Å². The summed E-state index contributed by atoms with van der Waals surface area (Å²) < 4.78 is 32.1. The second-order valence-corrected chi connectivity index (χ2v) is 6.44. The van der Waals surface area contributed by atoms with E-state index in [0.717, 1.165) is 5.56 Å². The van der Waals surface area contributed by atoms with Gasteiger partial charge in [-0.15, -0.1) is 12.4 Å². The number of anilines is 2. The van der Waals surface area contributed by atoms with E-state index in [1.807, 2.05) is 0 Å². The lowest BCUT2D eigenvalue weighted by Gasteiger charge is -2.10. The molecule has 0 atom stereocenters. The molecule has 0 radical (unpaired) electrons. The molecule has 0 spiro atoms. The lowest BCUT2D eigenvalue weighted by atomic mass is 9.79. The Kier molecular flexibility index (Phi) is 4.67. The molecule has 6 nitrogen and oxygen atoms in total. The van der Waals surface area contributed by atoms with Gasteiger partial charge in [0.15, 0.2) is 0 Å². The van der Waals surface area contributed by atoms with Gasteiger partial charge in [-0.1, -0.05) is 12.1 Å². The normalized spacial score (nSPS) is 13.4. The first-order chi connectivity index (χ1) is 9.95. The molecule has 0 unspecified atom stereocenters. The fourth-order valence-electron chi connectivity index (χ4n) is 2.17. The van der Waals surface area contributed by atoms with Gasteiger partial charge in [-0.05, 0) is 41.4 Å². The van der Waals surface area contributed by atoms with Crippen molar-refractivity contribution in [2.75, 3.05) is 10.5 Å². The predicted molar refractivity (Wildman–Crippen MR) is 87.7 cm³/mol. The molecular weight excluding hydrogens is 326 g/mol. The molecule has 0 bridgehead atoms. The maximum Gasteiger partial charge on any atom is 0.491 e. The van der Waals surface area contributed by atoms with Gasteiger partial charge in [0, 0.05) is 11.4 Å². The SMILES string of the molecule is Cl.Nc1cccc(S(=O)(=O)Nc2ccc3c(c2)B(O)OC3)c1. The Balaban J connectivity index is 0.00000176. The van der Waals surface area contributed by atoms with Crippen molar-refractivity contribution in [2.45, 2.75) is 11.5 Å². The quantitative estimate of drug-likeness (QED) is 0.564. The zero-order valence-electron chi connectivity index (χ0n) is 11.4.